The fourth-order valence-electron chi connectivity index (χ4n) is 4.93. The van der Waals surface area contributed by atoms with E-state index in [1.165, 1.54) is 35.5 Å². The van der Waals surface area contributed by atoms with Crippen molar-refractivity contribution in [2.24, 2.45) is 0 Å². The molecule has 2 heterocycles. The average molecular weight is 661 g/mol. The number of amides is 2. The van der Waals surface area contributed by atoms with Crippen LogP contribution >= 0.6 is 0 Å². The van der Waals surface area contributed by atoms with Gasteiger partial charge in [-0.25, -0.2) is 23.5 Å². The molecule has 0 radical (unpaired) electrons. The smallest absolute Gasteiger partial charge is 0.444 e. The van der Waals surface area contributed by atoms with Crippen molar-refractivity contribution < 1.29 is 46.5 Å². The molecule has 1 N–H and O–H groups in total. The third kappa shape index (κ3) is 10.1. The Kier molecular flexibility index (Phi) is 10.7. The number of alkyl carbamates (subject to hydrolysis) is 1. The summed E-state index contributed by atoms with van der Waals surface area (Å²) >= 11 is 0. The van der Waals surface area contributed by atoms with Crippen LogP contribution in [0.4, 0.5) is 27.6 Å². The van der Waals surface area contributed by atoms with Crippen LogP contribution in [0, 0.1) is 5.82 Å². The molecule has 0 unspecified atom stereocenters. The first-order chi connectivity index (χ1) is 22.0. The minimum atomic E-state index is -2.77. The van der Waals surface area contributed by atoms with Crippen molar-refractivity contribution in [1.29, 1.82) is 0 Å². The first kappa shape index (κ1) is 35.1. The summed E-state index contributed by atoms with van der Waals surface area (Å²) in [6.07, 6.45) is -2.25. The van der Waals surface area contributed by atoms with Crippen LogP contribution in [0.15, 0.2) is 60.9 Å². The zero-order valence-corrected chi connectivity index (χ0v) is 27.0. The molecule has 3 atom stereocenters. The number of nitrogens with one attached hydrogen (secondary N) is 1. The highest BCUT2D eigenvalue weighted by Gasteiger charge is 2.50. The number of likely N-dealkylation sites (tertiary alicyclic amines) is 1. The van der Waals surface area contributed by atoms with Gasteiger partial charge in [0.05, 0.1) is 18.8 Å². The molecule has 0 saturated carbocycles. The van der Waals surface area contributed by atoms with Crippen molar-refractivity contribution in [3.05, 3.63) is 77.9 Å². The number of nitrogens with zero attached hydrogens (tertiary/aromatic N) is 3. The predicted molar refractivity (Wildman–Crippen MR) is 164 cm³/mol. The highest BCUT2D eigenvalue weighted by atomic mass is 19.3. The lowest BCUT2D eigenvalue weighted by Crippen LogP contribution is -2.46. The van der Waals surface area contributed by atoms with Gasteiger partial charge >= 0.3 is 24.9 Å². The van der Waals surface area contributed by atoms with Crippen molar-refractivity contribution in [2.75, 3.05) is 6.54 Å². The minimum Gasteiger partial charge on any atom is -0.444 e. The second kappa shape index (κ2) is 14.3. The topological polar surface area (TPSA) is 121 Å². The van der Waals surface area contributed by atoms with E-state index >= 15 is 0 Å². The van der Waals surface area contributed by atoms with Gasteiger partial charge in [-0.2, -0.15) is 13.9 Å². The van der Waals surface area contributed by atoms with E-state index in [-0.39, 0.29) is 19.5 Å². The standard InChI is InChI=1S/C33H39F3N4O7/c1-32(2,3)46-30(42)39-19-26(44-31(43)47-33(4,5)6)27(45-29(41)37-16-21-8-7-9-24(34)14-21)25(39)15-20-10-12-22(13-11-20)23-17-38-40(18-23)28(35)36/h7-14,17-18,25-28H,15-16,19H2,1-6H3,(H,37,41)/t25-,26+,27+/m1/s1. The third-order valence-electron chi connectivity index (χ3n) is 6.89. The molecule has 1 fully saturated rings. The zero-order chi connectivity index (χ0) is 34.5. The lowest BCUT2D eigenvalue weighted by Gasteiger charge is -2.30. The van der Waals surface area contributed by atoms with Crippen molar-refractivity contribution in [3.8, 4) is 11.1 Å². The van der Waals surface area contributed by atoms with Crippen molar-refractivity contribution in [1.82, 2.24) is 20.0 Å². The molecule has 2 amide bonds. The predicted octanol–water partition coefficient (Wildman–Crippen LogP) is 6.86. The molecule has 0 spiro atoms. The number of halogens is 3. The molecule has 2 aromatic carbocycles. The molecule has 47 heavy (non-hydrogen) atoms. The summed E-state index contributed by atoms with van der Waals surface area (Å²) in [6.45, 7) is 7.09. The molecule has 4 rings (SSSR count). The Morgan fingerprint density at radius 1 is 0.936 bits per heavy atom. The maximum atomic E-state index is 13.7. The Balaban J connectivity index is 1.62. The number of carbonyl (C=O) groups is 3. The Morgan fingerprint density at radius 3 is 2.21 bits per heavy atom. The Bertz CT molecular complexity index is 1550. The summed E-state index contributed by atoms with van der Waals surface area (Å²) in [5, 5.41) is 6.24. The van der Waals surface area contributed by atoms with E-state index < -0.39 is 60.2 Å². The van der Waals surface area contributed by atoms with Crippen LogP contribution in [0.3, 0.4) is 0 Å². The summed E-state index contributed by atoms with van der Waals surface area (Å²) in [6, 6.07) is 11.7. The van der Waals surface area contributed by atoms with Gasteiger partial charge in [0.25, 0.3) is 0 Å². The van der Waals surface area contributed by atoms with Gasteiger partial charge in [-0.05, 0) is 76.8 Å². The molecule has 1 aliphatic heterocycles. The fraction of sp³-hybridized carbons (Fsp3) is 0.455. The molecular weight excluding hydrogens is 621 g/mol. The fourth-order valence-corrected chi connectivity index (χ4v) is 4.93. The Labute approximate surface area is 270 Å². The minimum absolute atomic E-state index is 0.0506. The highest BCUT2D eigenvalue weighted by Crippen LogP contribution is 2.31. The first-order valence-corrected chi connectivity index (χ1v) is 15.0. The van der Waals surface area contributed by atoms with Crippen LogP contribution in [-0.2, 0) is 31.9 Å². The number of alkyl halides is 2. The second-order valence-electron chi connectivity index (χ2n) is 13.1. The second-order valence-corrected chi connectivity index (χ2v) is 13.1. The van der Waals surface area contributed by atoms with Gasteiger partial charge in [0.15, 0.2) is 12.2 Å². The Hall–Kier alpha value is -4.75. The van der Waals surface area contributed by atoms with E-state index in [1.807, 2.05) is 0 Å². The van der Waals surface area contributed by atoms with Crippen LogP contribution in [0.25, 0.3) is 11.1 Å². The molecule has 3 aromatic rings. The highest BCUT2D eigenvalue weighted by molar-refractivity contribution is 5.71. The van der Waals surface area contributed by atoms with Gasteiger partial charge in [0.2, 0.25) is 0 Å². The largest absolute Gasteiger partial charge is 0.509 e. The van der Waals surface area contributed by atoms with Crippen LogP contribution in [0.2, 0.25) is 0 Å². The summed E-state index contributed by atoms with van der Waals surface area (Å²) in [5.41, 5.74) is 0.545. The zero-order valence-electron chi connectivity index (χ0n) is 27.0. The SMILES string of the molecule is CC(C)(C)OC(=O)O[C@H]1CN(C(=O)OC(C)(C)C)[C@H](Cc2ccc(-c3cnn(C(F)F)c3)cc2)[C@@H]1OC(=O)NCc1cccc(F)c1. The first-order valence-electron chi connectivity index (χ1n) is 15.0. The maximum absolute atomic E-state index is 13.7. The van der Waals surface area contributed by atoms with Gasteiger partial charge in [-0.1, -0.05) is 36.4 Å². The van der Waals surface area contributed by atoms with Crippen LogP contribution < -0.4 is 5.32 Å². The third-order valence-corrected chi connectivity index (χ3v) is 6.89. The summed E-state index contributed by atoms with van der Waals surface area (Å²) < 4.78 is 62.7. The molecule has 11 nitrogen and oxygen atoms in total. The monoisotopic (exact) mass is 660 g/mol. The van der Waals surface area contributed by atoms with Crippen molar-refractivity contribution >= 4 is 18.3 Å². The average Bonchev–Trinajstić information content (AvgIpc) is 3.57. The molecular formula is C33H39F3N4O7. The number of carbonyl (C=O) groups excluding carboxylic acids is 3. The molecule has 254 valence electrons. The number of rotatable bonds is 8. The van der Waals surface area contributed by atoms with Gasteiger partial charge in [-0.3, -0.25) is 4.90 Å². The maximum Gasteiger partial charge on any atom is 0.509 e. The summed E-state index contributed by atoms with van der Waals surface area (Å²) in [4.78, 5) is 40.6. The van der Waals surface area contributed by atoms with Crippen LogP contribution in [0.5, 0.6) is 0 Å². The normalized spacial score (nSPS) is 18.2. The number of benzene rings is 2. The van der Waals surface area contributed by atoms with Gasteiger partial charge < -0.3 is 24.3 Å². The van der Waals surface area contributed by atoms with E-state index in [4.69, 9.17) is 18.9 Å². The van der Waals surface area contributed by atoms with Gasteiger partial charge in [0, 0.05) is 18.3 Å². The van der Waals surface area contributed by atoms with Gasteiger partial charge in [-0.15, -0.1) is 0 Å². The van der Waals surface area contributed by atoms with Gasteiger partial charge in [0.1, 0.15) is 17.0 Å². The lowest BCUT2D eigenvalue weighted by atomic mass is 9.99. The van der Waals surface area contributed by atoms with E-state index in [0.717, 1.165) is 0 Å². The van der Waals surface area contributed by atoms with Crippen molar-refractivity contribution in [2.45, 2.75) is 90.5 Å². The number of hydrogen-bond donors (Lipinski definition) is 1. The number of aromatic nitrogens is 2. The van der Waals surface area contributed by atoms with Crippen LogP contribution in [-0.4, -0.2) is 69.0 Å². The number of ether oxygens (including phenoxy) is 4. The van der Waals surface area contributed by atoms with E-state index in [9.17, 15) is 27.6 Å². The van der Waals surface area contributed by atoms with E-state index in [1.54, 1.807) is 71.9 Å². The molecule has 0 bridgehead atoms. The van der Waals surface area contributed by atoms with E-state index in [2.05, 4.69) is 10.4 Å². The quantitative estimate of drug-likeness (QED) is 0.206. The summed E-state index contributed by atoms with van der Waals surface area (Å²) in [7, 11) is 0. The Morgan fingerprint density at radius 2 is 1.62 bits per heavy atom. The van der Waals surface area contributed by atoms with E-state index in [0.29, 0.717) is 26.9 Å². The van der Waals surface area contributed by atoms with Crippen molar-refractivity contribution in [3.63, 3.8) is 0 Å². The lowest BCUT2D eigenvalue weighted by molar-refractivity contribution is -0.0518. The summed E-state index contributed by atoms with van der Waals surface area (Å²) in [5.74, 6) is -0.471. The molecule has 1 saturated heterocycles. The molecule has 1 aromatic heterocycles. The molecule has 14 heteroatoms. The molecule has 1 aliphatic rings. The number of hydrogen-bond acceptors (Lipinski definition) is 8. The van der Waals surface area contributed by atoms with Crippen LogP contribution in [0.1, 0.15) is 59.2 Å². The molecule has 0 aliphatic carbocycles.